The van der Waals surface area contributed by atoms with Crippen LogP contribution in [0.5, 0.6) is 0 Å². The summed E-state index contributed by atoms with van der Waals surface area (Å²) in [6, 6.07) is 2.47. The minimum absolute atomic E-state index is 0.343. The molecular weight excluding hydrogens is 294 g/mol. The number of nitrogens with one attached hydrogen (secondary N) is 1. The van der Waals surface area contributed by atoms with Crippen molar-refractivity contribution >= 4 is 38.1 Å². The van der Waals surface area contributed by atoms with Crippen molar-refractivity contribution in [3.8, 4) is 0 Å². The summed E-state index contributed by atoms with van der Waals surface area (Å²) in [5, 5.41) is 5.46. The van der Waals surface area contributed by atoms with E-state index in [-0.39, 0.29) is 0 Å². The van der Waals surface area contributed by atoms with E-state index in [2.05, 4.69) is 39.6 Å². The Morgan fingerprint density at radius 3 is 2.93 bits per heavy atom. The Morgan fingerprint density at radius 1 is 1.67 bits per heavy atom. The first-order valence-corrected chi connectivity index (χ1v) is 8.11. The van der Waals surface area contributed by atoms with Crippen LogP contribution in [0.15, 0.2) is 15.9 Å². The molecule has 1 aromatic heterocycles. The Morgan fingerprint density at radius 2 is 2.40 bits per heavy atom. The zero-order valence-electron chi connectivity index (χ0n) is 8.96. The van der Waals surface area contributed by atoms with Gasteiger partial charge < -0.3 is 5.32 Å². The van der Waals surface area contributed by atoms with E-state index in [0.717, 1.165) is 22.5 Å². The fourth-order valence-corrected chi connectivity index (χ4v) is 3.30. The third-order valence-corrected chi connectivity index (χ3v) is 5.30. The fraction of sp³-hybridized carbons (Fsp3) is 0.600. The largest absolute Gasteiger partial charge is 0.309 e. The van der Waals surface area contributed by atoms with Gasteiger partial charge in [-0.25, -0.2) is 0 Å². The standard InChI is InChI=1S/C10H16BrNOS2/c1-3-15(13)5-4-12-8(2)10-6-9(11)7-14-10/h6-8,12H,3-5H2,1-2H3. The highest BCUT2D eigenvalue weighted by atomic mass is 79.9. The van der Waals surface area contributed by atoms with Crippen LogP contribution in [0, 0.1) is 0 Å². The summed E-state index contributed by atoms with van der Waals surface area (Å²) >= 11 is 5.17. The smallest absolute Gasteiger partial charge is 0.0386 e. The zero-order valence-corrected chi connectivity index (χ0v) is 12.2. The third-order valence-electron chi connectivity index (χ3n) is 2.12. The van der Waals surface area contributed by atoms with Crippen molar-refractivity contribution in [2.24, 2.45) is 0 Å². The van der Waals surface area contributed by atoms with Crippen LogP contribution < -0.4 is 5.32 Å². The second-order valence-corrected chi connectivity index (χ2v) is 7.00. The van der Waals surface area contributed by atoms with Gasteiger partial charge in [0.05, 0.1) is 0 Å². The molecular formula is C10H16BrNOS2. The maximum atomic E-state index is 11.2. The Labute approximate surface area is 106 Å². The van der Waals surface area contributed by atoms with Crippen LogP contribution in [-0.4, -0.2) is 22.3 Å². The Hall–Kier alpha value is 0.290. The molecule has 0 saturated carbocycles. The maximum absolute atomic E-state index is 11.2. The monoisotopic (exact) mass is 309 g/mol. The summed E-state index contributed by atoms with van der Waals surface area (Å²) in [7, 11) is -0.663. The lowest BCUT2D eigenvalue weighted by Crippen LogP contribution is -2.23. The van der Waals surface area contributed by atoms with Crippen LogP contribution in [0.3, 0.4) is 0 Å². The van der Waals surface area contributed by atoms with E-state index in [1.54, 1.807) is 11.3 Å². The lowest BCUT2D eigenvalue weighted by atomic mass is 10.3. The molecule has 0 aliphatic carbocycles. The second-order valence-electron chi connectivity index (χ2n) is 3.28. The normalized spacial score (nSPS) is 15.1. The molecule has 1 N–H and O–H groups in total. The number of thiophene rings is 1. The van der Waals surface area contributed by atoms with E-state index in [9.17, 15) is 4.21 Å². The Bertz CT molecular complexity index is 327. The molecule has 0 spiro atoms. The summed E-state index contributed by atoms with van der Waals surface area (Å²) in [6.07, 6.45) is 0. The first kappa shape index (κ1) is 13.4. The maximum Gasteiger partial charge on any atom is 0.0386 e. The molecule has 2 unspecified atom stereocenters. The number of hydrogen-bond acceptors (Lipinski definition) is 3. The molecule has 1 aromatic rings. The van der Waals surface area contributed by atoms with Gasteiger partial charge in [-0.15, -0.1) is 11.3 Å². The minimum atomic E-state index is -0.663. The van der Waals surface area contributed by atoms with E-state index in [4.69, 9.17) is 0 Å². The average molecular weight is 310 g/mol. The van der Waals surface area contributed by atoms with Gasteiger partial charge in [-0.1, -0.05) is 6.92 Å². The van der Waals surface area contributed by atoms with E-state index in [1.165, 1.54) is 4.88 Å². The highest BCUT2D eigenvalue weighted by Gasteiger charge is 2.07. The second kappa shape index (κ2) is 6.78. The predicted molar refractivity (Wildman–Crippen MR) is 72.0 cm³/mol. The number of halogens is 1. The van der Waals surface area contributed by atoms with Crippen molar-refractivity contribution in [1.29, 1.82) is 0 Å². The van der Waals surface area contributed by atoms with Gasteiger partial charge >= 0.3 is 0 Å². The topological polar surface area (TPSA) is 29.1 Å². The average Bonchev–Trinajstić information content (AvgIpc) is 2.64. The van der Waals surface area contributed by atoms with E-state index in [1.807, 2.05) is 6.92 Å². The van der Waals surface area contributed by atoms with Crippen LogP contribution >= 0.6 is 27.3 Å². The Kier molecular flexibility index (Phi) is 6.04. The van der Waals surface area contributed by atoms with Crippen LogP contribution in [0.1, 0.15) is 24.8 Å². The third kappa shape index (κ3) is 4.76. The van der Waals surface area contributed by atoms with Crippen molar-refractivity contribution in [3.05, 3.63) is 20.8 Å². The molecule has 0 bridgehead atoms. The first-order valence-electron chi connectivity index (χ1n) is 4.95. The molecule has 15 heavy (non-hydrogen) atoms. The van der Waals surface area contributed by atoms with E-state index in [0.29, 0.717) is 6.04 Å². The molecule has 0 aliphatic rings. The van der Waals surface area contributed by atoms with Crippen molar-refractivity contribution in [2.75, 3.05) is 18.1 Å². The van der Waals surface area contributed by atoms with Gasteiger partial charge in [-0.3, -0.25) is 4.21 Å². The lowest BCUT2D eigenvalue weighted by molar-refractivity contribution is 0.605. The van der Waals surface area contributed by atoms with Crippen LogP contribution in [-0.2, 0) is 10.8 Å². The summed E-state index contributed by atoms with van der Waals surface area (Å²) in [4.78, 5) is 1.31. The minimum Gasteiger partial charge on any atom is -0.309 e. The van der Waals surface area contributed by atoms with E-state index >= 15 is 0 Å². The lowest BCUT2D eigenvalue weighted by Gasteiger charge is -2.11. The van der Waals surface area contributed by atoms with Crippen molar-refractivity contribution in [1.82, 2.24) is 5.32 Å². The molecule has 86 valence electrons. The molecule has 0 radical (unpaired) electrons. The SMILES string of the molecule is CCS(=O)CCNC(C)c1cc(Br)cs1. The van der Waals surface area contributed by atoms with Gasteiger partial charge in [0, 0.05) is 49.6 Å². The summed E-state index contributed by atoms with van der Waals surface area (Å²) < 4.78 is 12.3. The fourth-order valence-electron chi connectivity index (χ4n) is 1.19. The number of hydrogen-bond donors (Lipinski definition) is 1. The highest BCUT2D eigenvalue weighted by Crippen LogP contribution is 2.24. The summed E-state index contributed by atoms with van der Waals surface area (Å²) in [5.41, 5.74) is 0. The Balaban J connectivity index is 2.30. The zero-order chi connectivity index (χ0) is 11.3. The molecule has 1 rings (SSSR count). The van der Waals surface area contributed by atoms with E-state index < -0.39 is 10.8 Å². The molecule has 5 heteroatoms. The van der Waals surface area contributed by atoms with Crippen molar-refractivity contribution < 1.29 is 4.21 Å². The van der Waals surface area contributed by atoms with Gasteiger partial charge in [0.25, 0.3) is 0 Å². The van der Waals surface area contributed by atoms with Crippen molar-refractivity contribution in [3.63, 3.8) is 0 Å². The molecule has 2 atom stereocenters. The molecule has 1 heterocycles. The van der Waals surface area contributed by atoms with Crippen LogP contribution in [0.25, 0.3) is 0 Å². The van der Waals surface area contributed by atoms with Gasteiger partial charge in [-0.05, 0) is 28.9 Å². The molecule has 0 amide bonds. The van der Waals surface area contributed by atoms with Crippen LogP contribution in [0.4, 0.5) is 0 Å². The van der Waals surface area contributed by atoms with Gasteiger partial charge in [0.1, 0.15) is 0 Å². The predicted octanol–water partition coefficient (Wildman–Crippen LogP) is 2.93. The first-order chi connectivity index (χ1) is 7.13. The molecule has 0 fully saturated rings. The van der Waals surface area contributed by atoms with Crippen molar-refractivity contribution in [2.45, 2.75) is 19.9 Å². The van der Waals surface area contributed by atoms with Gasteiger partial charge in [0.15, 0.2) is 0 Å². The summed E-state index contributed by atoms with van der Waals surface area (Å²) in [5.74, 6) is 1.49. The number of rotatable bonds is 6. The molecule has 0 saturated heterocycles. The van der Waals surface area contributed by atoms with Crippen LogP contribution in [0.2, 0.25) is 0 Å². The molecule has 0 aromatic carbocycles. The quantitative estimate of drug-likeness (QED) is 0.875. The molecule has 2 nitrogen and oxygen atoms in total. The van der Waals surface area contributed by atoms with Gasteiger partial charge in [0.2, 0.25) is 0 Å². The van der Waals surface area contributed by atoms with Gasteiger partial charge in [-0.2, -0.15) is 0 Å². The summed E-state index contributed by atoms with van der Waals surface area (Å²) in [6.45, 7) is 4.90. The molecule has 0 aliphatic heterocycles. The highest BCUT2D eigenvalue weighted by molar-refractivity contribution is 9.10.